The number of esters is 1. The molecule has 1 N–H and O–H groups in total. The lowest BCUT2D eigenvalue weighted by Gasteiger charge is -2.26. The molecule has 7 heteroatoms. The Morgan fingerprint density at radius 3 is 2.38 bits per heavy atom. The van der Waals surface area contributed by atoms with Crippen LogP contribution in [0.1, 0.15) is 32.8 Å². The number of carbonyl (C=O) groups excluding carboxylic acids is 1. The number of aryl methyl sites for hydroxylation is 1. The summed E-state index contributed by atoms with van der Waals surface area (Å²) in [6.45, 7) is 8.33. The molecule has 0 amide bonds. The molecule has 0 aromatic heterocycles. The molecule has 2 rings (SSSR count). The van der Waals surface area contributed by atoms with Gasteiger partial charge in [0.15, 0.2) is 6.10 Å². The zero-order valence-electron chi connectivity index (χ0n) is 14.5. The fraction of sp³-hybridized carbons (Fsp3) is 0.588. The minimum atomic E-state index is -4.04. The van der Waals surface area contributed by atoms with Gasteiger partial charge in [0.1, 0.15) is 5.60 Å². The van der Waals surface area contributed by atoms with Crippen LogP contribution in [-0.4, -0.2) is 39.2 Å². The topological polar surface area (TPSA) is 81.7 Å². The number of carbonyl (C=O) groups is 1. The first-order valence-corrected chi connectivity index (χ1v) is 9.43. The zero-order chi connectivity index (χ0) is 18.0. The molecule has 1 saturated heterocycles. The van der Waals surface area contributed by atoms with E-state index < -0.39 is 27.8 Å². The van der Waals surface area contributed by atoms with Crippen LogP contribution in [-0.2, 0) is 23.8 Å². The van der Waals surface area contributed by atoms with Crippen LogP contribution < -0.4 is 5.32 Å². The fourth-order valence-corrected chi connectivity index (χ4v) is 3.59. The molecule has 0 aliphatic carbocycles. The maximum Gasteiger partial charge on any atom is 0.337 e. The van der Waals surface area contributed by atoms with Crippen LogP contribution in [0, 0.1) is 12.8 Å². The Morgan fingerprint density at radius 2 is 1.88 bits per heavy atom. The van der Waals surface area contributed by atoms with Gasteiger partial charge in [0.05, 0.1) is 4.90 Å². The fourth-order valence-electron chi connectivity index (χ4n) is 2.50. The van der Waals surface area contributed by atoms with Crippen LogP contribution in [0.4, 0.5) is 0 Å². The molecule has 1 aromatic rings. The molecule has 0 bridgehead atoms. The van der Waals surface area contributed by atoms with Gasteiger partial charge < -0.3 is 10.1 Å². The highest BCUT2D eigenvalue weighted by molar-refractivity contribution is 7.86. The number of hydrogen-bond acceptors (Lipinski definition) is 6. The Bertz CT molecular complexity index is 670. The average molecular weight is 355 g/mol. The van der Waals surface area contributed by atoms with Gasteiger partial charge in [-0.2, -0.15) is 8.42 Å². The van der Waals surface area contributed by atoms with Crippen molar-refractivity contribution in [2.45, 2.75) is 50.7 Å². The number of hydrogen-bond donors (Lipinski definition) is 1. The molecule has 1 unspecified atom stereocenters. The lowest BCUT2D eigenvalue weighted by molar-refractivity contribution is -0.165. The first-order chi connectivity index (χ1) is 11.1. The Balaban J connectivity index is 2.23. The van der Waals surface area contributed by atoms with Crippen molar-refractivity contribution in [3.05, 3.63) is 29.8 Å². The molecule has 1 fully saturated rings. The normalized spacial score (nSPS) is 19.9. The van der Waals surface area contributed by atoms with Gasteiger partial charge in [-0.15, -0.1) is 0 Å². The third-order valence-corrected chi connectivity index (χ3v) is 5.02. The highest BCUT2D eigenvalue weighted by Crippen LogP contribution is 2.24. The van der Waals surface area contributed by atoms with Crippen LogP contribution in [0.3, 0.4) is 0 Å². The van der Waals surface area contributed by atoms with Crippen LogP contribution in [0.25, 0.3) is 0 Å². The van der Waals surface area contributed by atoms with Crippen molar-refractivity contribution in [1.82, 2.24) is 5.32 Å². The van der Waals surface area contributed by atoms with Crippen molar-refractivity contribution >= 4 is 16.1 Å². The summed E-state index contributed by atoms with van der Waals surface area (Å²) in [5.41, 5.74) is 0.232. The maximum absolute atomic E-state index is 12.5. The molecule has 6 nitrogen and oxygen atoms in total. The summed E-state index contributed by atoms with van der Waals surface area (Å²) in [5, 5.41) is 3.12. The predicted molar refractivity (Wildman–Crippen MR) is 90.1 cm³/mol. The van der Waals surface area contributed by atoms with Crippen molar-refractivity contribution in [3.8, 4) is 0 Å². The monoisotopic (exact) mass is 355 g/mol. The van der Waals surface area contributed by atoms with Crippen molar-refractivity contribution in [3.63, 3.8) is 0 Å². The van der Waals surface area contributed by atoms with Gasteiger partial charge >= 0.3 is 5.97 Å². The minimum absolute atomic E-state index is 0.0348. The van der Waals surface area contributed by atoms with E-state index in [1.807, 2.05) is 6.92 Å². The predicted octanol–water partition coefficient (Wildman–Crippen LogP) is 2.02. The lowest BCUT2D eigenvalue weighted by Crippen LogP contribution is -2.40. The summed E-state index contributed by atoms with van der Waals surface area (Å²) >= 11 is 0. The molecule has 1 aliphatic rings. The average Bonchev–Trinajstić information content (AvgIpc) is 2.97. The SMILES string of the molecule is Cc1ccc(S(=O)(=O)O[C@@H](C(=O)OC(C)(C)C)C2CCNC2)cc1. The molecular formula is C17H25NO5S. The lowest BCUT2D eigenvalue weighted by atomic mass is 10.0. The maximum atomic E-state index is 12.5. The summed E-state index contributed by atoms with van der Waals surface area (Å²) in [6.07, 6.45) is -0.488. The molecule has 0 saturated carbocycles. The highest BCUT2D eigenvalue weighted by atomic mass is 32.2. The van der Waals surface area contributed by atoms with E-state index >= 15 is 0 Å². The van der Waals surface area contributed by atoms with Crippen molar-refractivity contribution < 1.29 is 22.1 Å². The summed E-state index contributed by atoms with van der Waals surface area (Å²) < 4.78 is 35.7. The molecule has 0 radical (unpaired) electrons. The summed E-state index contributed by atoms with van der Waals surface area (Å²) in [4.78, 5) is 12.5. The number of nitrogens with one attached hydrogen (secondary N) is 1. The summed E-state index contributed by atoms with van der Waals surface area (Å²) in [5.74, 6) is -0.882. The van der Waals surface area contributed by atoms with E-state index in [-0.39, 0.29) is 10.8 Å². The van der Waals surface area contributed by atoms with Gasteiger partial charge in [-0.1, -0.05) is 17.7 Å². The van der Waals surface area contributed by atoms with E-state index in [1.165, 1.54) is 12.1 Å². The van der Waals surface area contributed by atoms with Crippen LogP contribution >= 0.6 is 0 Å². The van der Waals surface area contributed by atoms with Gasteiger partial charge in [0.25, 0.3) is 10.1 Å². The molecule has 0 spiro atoms. The molecule has 1 aromatic carbocycles. The minimum Gasteiger partial charge on any atom is -0.458 e. The van der Waals surface area contributed by atoms with E-state index in [2.05, 4.69) is 5.32 Å². The van der Waals surface area contributed by atoms with E-state index in [0.717, 1.165) is 12.1 Å². The Kier molecular flexibility index (Phi) is 5.67. The standard InChI is InChI=1S/C17H25NO5S/c1-12-5-7-14(8-6-12)24(20,21)23-15(13-9-10-18-11-13)16(19)22-17(2,3)4/h5-8,13,15,18H,9-11H2,1-4H3/t13?,15-/m1/s1. The van der Waals surface area contributed by atoms with Crippen LogP contribution in [0.5, 0.6) is 0 Å². The molecule has 1 aliphatic heterocycles. The largest absolute Gasteiger partial charge is 0.458 e. The van der Waals surface area contributed by atoms with Gasteiger partial charge in [-0.3, -0.25) is 4.18 Å². The third kappa shape index (κ3) is 5.03. The Hall–Kier alpha value is -1.44. The van der Waals surface area contributed by atoms with Gasteiger partial charge in [0.2, 0.25) is 0 Å². The second-order valence-corrected chi connectivity index (χ2v) is 8.64. The van der Waals surface area contributed by atoms with Crippen molar-refractivity contribution in [2.24, 2.45) is 5.92 Å². The second-order valence-electron chi connectivity index (χ2n) is 7.07. The Morgan fingerprint density at radius 1 is 1.25 bits per heavy atom. The van der Waals surface area contributed by atoms with E-state index in [1.54, 1.807) is 32.9 Å². The van der Waals surface area contributed by atoms with E-state index in [9.17, 15) is 13.2 Å². The first kappa shape index (κ1) is 18.9. The van der Waals surface area contributed by atoms with E-state index in [4.69, 9.17) is 8.92 Å². The molecule has 24 heavy (non-hydrogen) atoms. The Labute approximate surface area is 143 Å². The van der Waals surface area contributed by atoms with Crippen molar-refractivity contribution in [2.75, 3.05) is 13.1 Å². The summed E-state index contributed by atoms with van der Waals surface area (Å²) in [7, 11) is -4.04. The van der Waals surface area contributed by atoms with E-state index in [0.29, 0.717) is 13.0 Å². The second kappa shape index (κ2) is 7.21. The summed E-state index contributed by atoms with van der Waals surface area (Å²) in [6, 6.07) is 6.33. The van der Waals surface area contributed by atoms with Gasteiger partial charge in [0, 0.05) is 12.5 Å². The van der Waals surface area contributed by atoms with Crippen LogP contribution in [0.15, 0.2) is 29.2 Å². The van der Waals surface area contributed by atoms with Crippen LogP contribution in [0.2, 0.25) is 0 Å². The smallest absolute Gasteiger partial charge is 0.337 e. The molecule has 134 valence electrons. The van der Waals surface area contributed by atoms with Gasteiger partial charge in [-0.25, -0.2) is 4.79 Å². The zero-order valence-corrected chi connectivity index (χ0v) is 15.4. The highest BCUT2D eigenvalue weighted by Gasteiger charge is 2.38. The quantitative estimate of drug-likeness (QED) is 0.643. The number of benzene rings is 1. The molecule has 1 heterocycles. The first-order valence-electron chi connectivity index (χ1n) is 8.02. The molecular weight excluding hydrogens is 330 g/mol. The number of ether oxygens (including phenoxy) is 1. The molecule has 2 atom stereocenters. The number of rotatable bonds is 5. The third-order valence-electron chi connectivity index (χ3n) is 3.71. The van der Waals surface area contributed by atoms with Crippen molar-refractivity contribution in [1.29, 1.82) is 0 Å². The van der Waals surface area contributed by atoms with Gasteiger partial charge in [-0.05, 0) is 52.8 Å².